The molecule has 0 atom stereocenters. The molecule has 1 rings (SSSR count). The van der Waals surface area contributed by atoms with Crippen LogP contribution in [0.2, 0.25) is 0 Å². The van der Waals surface area contributed by atoms with Crippen molar-refractivity contribution in [2.75, 3.05) is 13.1 Å². The lowest BCUT2D eigenvalue weighted by molar-refractivity contribution is -0.132. The van der Waals surface area contributed by atoms with Crippen molar-refractivity contribution in [1.82, 2.24) is 4.90 Å². The van der Waals surface area contributed by atoms with E-state index in [0.717, 1.165) is 31.8 Å². The number of nitrogens with zero attached hydrogens (tertiary/aromatic N) is 1. The van der Waals surface area contributed by atoms with Crippen molar-refractivity contribution in [1.29, 1.82) is 0 Å². The fraction of sp³-hybridized carbons (Fsp3) is 0.900. The van der Waals surface area contributed by atoms with Crippen LogP contribution >= 0.6 is 0 Å². The summed E-state index contributed by atoms with van der Waals surface area (Å²) < 4.78 is 0. The summed E-state index contributed by atoms with van der Waals surface area (Å²) in [5.41, 5.74) is 0. The highest BCUT2D eigenvalue weighted by Gasteiger charge is 2.18. The summed E-state index contributed by atoms with van der Waals surface area (Å²) in [5, 5.41) is 0. The van der Waals surface area contributed by atoms with Crippen LogP contribution in [0.4, 0.5) is 0 Å². The van der Waals surface area contributed by atoms with Gasteiger partial charge < -0.3 is 4.90 Å². The second-order valence-corrected chi connectivity index (χ2v) is 3.81. The molecule has 12 heavy (non-hydrogen) atoms. The summed E-state index contributed by atoms with van der Waals surface area (Å²) in [6.45, 7) is 6.30. The van der Waals surface area contributed by atoms with Crippen LogP contribution in [-0.2, 0) is 4.79 Å². The molecule has 0 aliphatic carbocycles. The molecule has 1 heterocycles. The molecule has 0 aromatic rings. The number of hydrogen-bond donors (Lipinski definition) is 0. The second-order valence-electron chi connectivity index (χ2n) is 3.81. The van der Waals surface area contributed by atoms with E-state index in [1.165, 1.54) is 12.8 Å². The van der Waals surface area contributed by atoms with Gasteiger partial charge in [-0.3, -0.25) is 4.79 Å². The van der Waals surface area contributed by atoms with E-state index in [0.29, 0.717) is 5.91 Å². The average molecular weight is 169 g/mol. The summed E-state index contributed by atoms with van der Waals surface area (Å²) in [5.74, 6) is 1.17. The van der Waals surface area contributed by atoms with E-state index < -0.39 is 0 Å². The predicted molar refractivity (Wildman–Crippen MR) is 49.9 cm³/mol. The van der Waals surface area contributed by atoms with E-state index in [4.69, 9.17) is 0 Å². The number of carbonyl (C=O) groups excluding carboxylic acids is 1. The molecule has 0 radical (unpaired) electrons. The van der Waals surface area contributed by atoms with E-state index in [1.54, 1.807) is 0 Å². The summed E-state index contributed by atoms with van der Waals surface area (Å²) >= 11 is 0. The first-order chi connectivity index (χ1) is 5.74. The van der Waals surface area contributed by atoms with Gasteiger partial charge in [0, 0.05) is 19.5 Å². The maximum Gasteiger partial charge on any atom is 0.222 e. The molecule has 0 unspecified atom stereocenters. The molecule has 1 aliphatic rings. The quantitative estimate of drug-likeness (QED) is 0.619. The SMILES string of the molecule is CCCC(=O)N1CCC(C)CC1. The van der Waals surface area contributed by atoms with Crippen molar-refractivity contribution in [3.63, 3.8) is 0 Å². The maximum absolute atomic E-state index is 11.4. The van der Waals surface area contributed by atoms with Crippen LogP contribution in [0.3, 0.4) is 0 Å². The lowest BCUT2D eigenvalue weighted by atomic mass is 9.99. The topological polar surface area (TPSA) is 20.3 Å². The molecule has 0 saturated carbocycles. The van der Waals surface area contributed by atoms with Gasteiger partial charge in [-0.15, -0.1) is 0 Å². The monoisotopic (exact) mass is 169 g/mol. The normalized spacial score (nSPS) is 19.7. The Labute approximate surface area is 74.9 Å². The summed E-state index contributed by atoms with van der Waals surface area (Å²) in [6.07, 6.45) is 4.09. The second kappa shape index (κ2) is 4.48. The molecule has 70 valence electrons. The molecule has 1 saturated heterocycles. The van der Waals surface area contributed by atoms with Crippen LogP contribution in [0.5, 0.6) is 0 Å². The van der Waals surface area contributed by atoms with E-state index in [2.05, 4.69) is 13.8 Å². The van der Waals surface area contributed by atoms with E-state index in [-0.39, 0.29) is 0 Å². The molecule has 1 fully saturated rings. The van der Waals surface area contributed by atoms with Gasteiger partial charge in [-0.25, -0.2) is 0 Å². The molecule has 2 nitrogen and oxygen atoms in total. The van der Waals surface area contributed by atoms with Gasteiger partial charge in [0.1, 0.15) is 0 Å². The van der Waals surface area contributed by atoms with Crippen molar-refractivity contribution in [2.45, 2.75) is 39.5 Å². The van der Waals surface area contributed by atoms with E-state index >= 15 is 0 Å². The van der Waals surface area contributed by atoms with Gasteiger partial charge in [0.25, 0.3) is 0 Å². The number of piperidine rings is 1. The Morgan fingerprint density at radius 1 is 1.42 bits per heavy atom. The lowest BCUT2D eigenvalue weighted by Crippen LogP contribution is -2.37. The zero-order valence-corrected chi connectivity index (χ0v) is 8.18. The van der Waals surface area contributed by atoms with Crippen LogP contribution in [0, 0.1) is 5.92 Å². The van der Waals surface area contributed by atoms with E-state index in [9.17, 15) is 4.79 Å². The maximum atomic E-state index is 11.4. The van der Waals surface area contributed by atoms with Gasteiger partial charge in [0.15, 0.2) is 0 Å². The molecule has 2 heteroatoms. The zero-order valence-electron chi connectivity index (χ0n) is 8.18. The first kappa shape index (κ1) is 9.56. The van der Waals surface area contributed by atoms with Gasteiger partial charge in [-0.1, -0.05) is 13.8 Å². The molecular formula is C10H19NO. The Morgan fingerprint density at radius 2 is 2.00 bits per heavy atom. The molecule has 0 spiro atoms. The van der Waals surface area contributed by atoms with Crippen molar-refractivity contribution >= 4 is 5.91 Å². The Morgan fingerprint density at radius 3 is 2.50 bits per heavy atom. The van der Waals surface area contributed by atoms with Crippen LogP contribution in [0.15, 0.2) is 0 Å². The Hall–Kier alpha value is -0.530. The van der Waals surface area contributed by atoms with Gasteiger partial charge in [0.05, 0.1) is 0 Å². The van der Waals surface area contributed by atoms with Crippen molar-refractivity contribution in [3.05, 3.63) is 0 Å². The fourth-order valence-corrected chi connectivity index (χ4v) is 1.63. The third kappa shape index (κ3) is 2.50. The van der Waals surface area contributed by atoms with Gasteiger partial charge in [0.2, 0.25) is 5.91 Å². The van der Waals surface area contributed by atoms with Crippen molar-refractivity contribution in [2.24, 2.45) is 5.92 Å². The van der Waals surface area contributed by atoms with Crippen LogP contribution in [-0.4, -0.2) is 23.9 Å². The number of likely N-dealkylation sites (tertiary alicyclic amines) is 1. The molecule has 0 aromatic heterocycles. The Balaban J connectivity index is 2.29. The molecule has 0 bridgehead atoms. The molecule has 0 N–H and O–H groups in total. The summed E-state index contributed by atoms with van der Waals surface area (Å²) in [4.78, 5) is 13.4. The third-order valence-electron chi connectivity index (χ3n) is 2.60. The first-order valence-electron chi connectivity index (χ1n) is 5.01. The molecule has 0 aromatic carbocycles. The first-order valence-corrected chi connectivity index (χ1v) is 5.01. The number of carbonyl (C=O) groups is 1. The summed E-state index contributed by atoms with van der Waals surface area (Å²) in [7, 11) is 0. The third-order valence-corrected chi connectivity index (χ3v) is 2.60. The average Bonchev–Trinajstić information content (AvgIpc) is 2.06. The Kier molecular flexibility index (Phi) is 3.57. The zero-order chi connectivity index (χ0) is 8.97. The minimum Gasteiger partial charge on any atom is -0.343 e. The number of rotatable bonds is 2. The lowest BCUT2D eigenvalue weighted by Gasteiger charge is -2.30. The van der Waals surface area contributed by atoms with Crippen molar-refractivity contribution < 1.29 is 4.79 Å². The molecular weight excluding hydrogens is 150 g/mol. The number of hydrogen-bond acceptors (Lipinski definition) is 1. The van der Waals surface area contributed by atoms with Gasteiger partial charge in [-0.05, 0) is 25.2 Å². The smallest absolute Gasteiger partial charge is 0.222 e. The summed E-state index contributed by atoms with van der Waals surface area (Å²) in [6, 6.07) is 0. The highest BCUT2D eigenvalue weighted by molar-refractivity contribution is 5.76. The van der Waals surface area contributed by atoms with Gasteiger partial charge in [-0.2, -0.15) is 0 Å². The molecule has 1 aliphatic heterocycles. The fourth-order valence-electron chi connectivity index (χ4n) is 1.63. The Bertz CT molecular complexity index is 148. The van der Waals surface area contributed by atoms with Crippen LogP contribution < -0.4 is 0 Å². The van der Waals surface area contributed by atoms with Crippen molar-refractivity contribution in [3.8, 4) is 0 Å². The predicted octanol–water partition coefficient (Wildman–Crippen LogP) is 2.04. The number of amides is 1. The minimum atomic E-state index is 0.351. The van der Waals surface area contributed by atoms with Crippen LogP contribution in [0.1, 0.15) is 39.5 Å². The standard InChI is InChI=1S/C10H19NO/c1-3-4-10(12)11-7-5-9(2)6-8-11/h9H,3-8H2,1-2H3. The molecule has 1 amide bonds. The highest BCUT2D eigenvalue weighted by atomic mass is 16.2. The highest BCUT2D eigenvalue weighted by Crippen LogP contribution is 2.16. The van der Waals surface area contributed by atoms with E-state index in [1.807, 2.05) is 4.90 Å². The van der Waals surface area contributed by atoms with Gasteiger partial charge >= 0.3 is 0 Å². The minimum absolute atomic E-state index is 0.351. The van der Waals surface area contributed by atoms with Crippen LogP contribution in [0.25, 0.3) is 0 Å². The largest absolute Gasteiger partial charge is 0.343 e.